The van der Waals surface area contributed by atoms with Gasteiger partial charge in [0.2, 0.25) is 15.0 Å². The molecule has 0 aliphatic heterocycles. The van der Waals surface area contributed by atoms with Gasteiger partial charge in [-0.25, -0.2) is 23.2 Å². The van der Waals surface area contributed by atoms with Crippen LogP contribution in [0.2, 0.25) is 0 Å². The van der Waals surface area contributed by atoms with Crippen molar-refractivity contribution in [2.24, 2.45) is 0 Å². The van der Waals surface area contributed by atoms with Gasteiger partial charge in [-0.2, -0.15) is 0 Å². The van der Waals surface area contributed by atoms with Crippen LogP contribution in [0, 0.1) is 0 Å². The molecule has 1 N–H and O–H groups in total. The van der Waals surface area contributed by atoms with Gasteiger partial charge >= 0.3 is 5.97 Å². The topological polar surface area (TPSA) is 97.2 Å². The largest absolute Gasteiger partial charge is 0.477 e. The molecule has 17 heavy (non-hydrogen) atoms. The first-order valence-corrected chi connectivity index (χ1v) is 6.74. The molecular formula is C10H14N2O4S. The fraction of sp³-hybridized carbons (Fsp3) is 0.500. The van der Waals surface area contributed by atoms with Gasteiger partial charge in [0.1, 0.15) is 0 Å². The Bertz CT molecular complexity index is 558. The maximum Gasteiger partial charge on any atom is 0.354 e. The molecule has 0 spiro atoms. The number of hydrogen-bond donors (Lipinski definition) is 1. The number of carboxylic acids is 1. The predicted molar refractivity (Wildman–Crippen MR) is 60.8 cm³/mol. The van der Waals surface area contributed by atoms with E-state index in [1.165, 1.54) is 6.07 Å². The fourth-order valence-electron chi connectivity index (χ4n) is 1.08. The molecule has 0 aliphatic rings. The van der Waals surface area contributed by atoms with Gasteiger partial charge < -0.3 is 5.11 Å². The second-order valence-corrected chi connectivity index (χ2v) is 6.66. The molecule has 94 valence electrons. The Hall–Kier alpha value is -1.50. The van der Waals surface area contributed by atoms with Crippen LogP contribution in [0.15, 0.2) is 11.2 Å². The van der Waals surface area contributed by atoms with Gasteiger partial charge in [-0.3, -0.25) is 0 Å². The van der Waals surface area contributed by atoms with E-state index in [1.807, 2.05) is 20.8 Å². The lowest BCUT2D eigenvalue weighted by atomic mass is 9.91. The van der Waals surface area contributed by atoms with Gasteiger partial charge in [-0.1, -0.05) is 20.8 Å². The van der Waals surface area contributed by atoms with Crippen molar-refractivity contribution < 1.29 is 18.3 Å². The highest BCUT2D eigenvalue weighted by molar-refractivity contribution is 7.90. The summed E-state index contributed by atoms with van der Waals surface area (Å²) in [7, 11) is -3.63. The normalized spacial score (nSPS) is 12.5. The second kappa shape index (κ2) is 4.06. The van der Waals surface area contributed by atoms with Gasteiger partial charge in [0.25, 0.3) is 0 Å². The van der Waals surface area contributed by atoms with Crippen LogP contribution in [0.1, 0.15) is 37.0 Å². The molecule has 1 heterocycles. The van der Waals surface area contributed by atoms with Crippen molar-refractivity contribution in [1.82, 2.24) is 9.97 Å². The number of sulfone groups is 1. The Balaban J connectivity index is 3.56. The van der Waals surface area contributed by atoms with E-state index in [1.54, 1.807) is 0 Å². The van der Waals surface area contributed by atoms with Gasteiger partial charge in [0.15, 0.2) is 5.69 Å². The maximum absolute atomic E-state index is 11.4. The Morgan fingerprint density at radius 1 is 1.29 bits per heavy atom. The zero-order valence-electron chi connectivity index (χ0n) is 10.1. The van der Waals surface area contributed by atoms with E-state index in [-0.39, 0.29) is 5.69 Å². The smallest absolute Gasteiger partial charge is 0.354 e. The highest BCUT2D eigenvalue weighted by atomic mass is 32.2. The monoisotopic (exact) mass is 258 g/mol. The zero-order chi connectivity index (χ0) is 13.4. The van der Waals surface area contributed by atoms with E-state index in [9.17, 15) is 13.2 Å². The molecule has 0 bridgehead atoms. The predicted octanol–water partition coefficient (Wildman–Crippen LogP) is 0.876. The van der Waals surface area contributed by atoms with Gasteiger partial charge in [0, 0.05) is 11.7 Å². The summed E-state index contributed by atoms with van der Waals surface area (Å²) in [6.07, 6.45) is 0.945. The van der Waals surface area contributed by atoms with Crippen LogP contribution < -0.4 is 0 Å². The molecule has 0 fully saturated rings. The minimum atomic E-state index is -3.63. The minimum absolute atomic E-state index is 0.314. The average molecular weight is 258 g/mol. The SMILES string of the molecule is CC(C)(C)c1cc(C(=O)O)nc(S(C)(=O)=O)n1. The van der Waals surface area contributed by atoms with Crippen LogP contribution in [0.25, 0.3) is 0 Å². The summed E-state index contributed by atoms with van der Waals surface area (Å²) in [5.74, 6) is -1.28. The van der Waals surface area contributed by atoms with Crippen molar-refractivity contribution in [3.05, 3.63) is 17.5 Å². The Labute approximate surface area is 99.6 Å². The number of nitrogens with zero attached hydrogens (tertiary/aromatic N) is 2. The quantitative estimate of drug-likeness (QED) is 0.791. The molecule has 6 nitrogen and oxygen atoms in total. The summed E-state index contributed by atoms with van der Waals surface area (Å²) < 4.78 is 22.7. The molecule has 0 saturated heterocycles. The summed E-state index contributed by atoms with van der Waals surface area (Å²) in [6, 6.07) is 1.29. The third-order valence-corrected chi connectivity index (χ3v) is 2.87. The first-order valence-electron chi connectivity index (χ1n) is 4.85. The molecule has 1 aromatic heterocycles. The Morgan fingerprint density at radius 2 is 1.82 bits per heavy atom. The van der Waals surface area contributed by atoms with E-state index in [2.05, 4.69) is 9.97 Å². The van der Waals surface area contributed by atoms with Crippen molar-refractivity contribution >= 4 is 15.8 Å². The van der Waals surface area contributed by atoms with Crippen LogP contribution in [-0.4, -0.2) is 35.7 Å². The summed E-state index contributed by atoms with van der Waals surface area (Å²) in [5, 5.41) is 8.42. The molecule has 0 radical (unpaired) electrons. The Kier molecular flexibility index (Phi) is 3.24. The standard InChI is InChI=1S/C10H14N2O4S/c1-10(2,3)7-5-6(8(13)14)11-9(12-7)17(4,15)16/h5H,1-4H3,(H,13,14). The molecule has 0 saturated carbocycles. The third kappa shape index (κ3) is 3.23. The van der Waals surface area contributed by atoms with Crippen LogP contribution in [0.3, 0.4) is 0 Å². The second-order valence-electron chi connectivity index (χ2n) is 4.75. The highest BCUT2D eigenvalue weighted by Crippen LogP contribution is 2.21. The summed E-state index contributed by atoms with van der Waals surface area (Å²) in [6.45, 7) is 5.44. The van der Waals surface area contributed by atoms with Gasteiger partial charge in [-0.05, 0) is 6.07 Å². The number of aromatic nitrogens is 2. The number of aromatic carboxylic acids is 1. The van der Waals surface area contributed by atoms with Crippen LogP contribution >= 0.6 is 0 Å². The maximum atomic E-state index is 11.4. The molecule has 0 unspecified atom stereocenters. The van der Waals surface area contributed by atoms with E-state index in [0.29, 0.717) is 5.69 Å². The number of carbonyl (C=O) groups is 1. The van der Waals surface area contributed by atoms with Crippen molar-refractivity contribution in [2.45, 2.75) is 31.3 Å². The van der Waals surface area contributed by atoms with Crippen molar-refractivity contribution in [2.75, 3.05) is 6.26 Å². The lowest BCUT2D eigenvalue weighted by Crippen LogP contribution is -2.19. The van der Waals surface area contributed by atoms with Gasteiger partial charge in [-0.15, -0.1) is 0 Å². The molecule has 0 atom stereocenters. The number of hydrogen-bond acceptors (Lipinski definition) is 5. The molecule has 0 aromatic carbocycles. The molecule has 1 rings (SSSR count). The molecule has 7 heteroatoms. The molecule has 0 aliphatic carbocycles. The zero-order valence-corrected chi connectivity index (χ0v) is 10.9. The third-order valence-electron chi connectivity index (χ3n) is 2.02. The lowest BCUT2D eigenvalue weighted by molar-refractivity contribution is 0.0689. The fourth-order valence-corrected chi connectivity index (χ4v) is 1.61. The molecular weight excluding hydrogens is 244 g/mol. The first-order chi connectivity index (χ1) is 7.51. The molecule has 0 amide bonds. The van der Waals surface area contributed by atoms with Crippen LogP contribution in [0.4, 0.5) is 0 Å². The van der Waals surface area contributed by atoms with E-state index >= 15 is 0 Å². The number of rotatable bonds is 2. The van der Waals surface area contributed by atoms with E-state index < -0.39 is 26.4 Å². The van der Waals surface area contributed by atoms with Crippen LogP contribution in [-0.2, 0) is 15.3 Å². The average Bonchev–Trinajstić information content (AvgIpc) is 2.14. The Morgan fingerprint density at radius 3 is 2.18 bits per heavy atom. The summed E-state index contributed by atoms with van der Waals surface area (Å²) in [4.78, 5) is 18.3. The van der Waals surface area contributed by atoms with E-state index in [0.717, 1.165) is 6.26 Å². The highest BCUT2D eigenvalue weighted by Gasteiger charge is 2.23. The van der Waals surface area contributed by atoms with E-state index in [4.69, 9.17) is 5.11 Å². The van der Waals surface area contributed by atoms with Crippen molar-refractivity contribution in [3.8, 4) is 0 Å². The summed E-state index contributed by atoms with van der Waals surface area (Å²) in [5.41, 5.74) is -0.386. The van der Waals surface area contributed by atoms with Crippen LogP contribution in [0.5, 0.6) is 0 Å². The van der Waals surface area contributed by atoms with Gasteiger partial charge in [0.05, 0.1) is 5.69 Å². The minimum Gasteiger partial charge on any atom is -0.477 e. The number of carboxylic acid groups (broad SMARTS) is 1. The lowest BCUT2D eigenvalue weighted by Gasteiger charge is -2.18. The van der Waals surface area contributed by atoms with Crippen molar-refractivity contribution in [3.63, 3.8) is 0 Å². The van der Waals surface area contributed by atoms with Crippen molar-refractivity contribution in [1.29, 1.82) is 0 Å². The first kappa shape index (κ1) is 13.6. The summed E-state index contributed by atoms with van der Waals surface area (Å²) >= 11 is 0. The molecule has 1 aromatic rings.